The van der Waals surface area contributed by atoms with Gasteiger partial charge in [0.05, 0.1) is 0 Å². The predicted molar refractivity (Wildman–Crippen MR) is 152 cm³/mol. The molecule has 5 nitrogen and oxygen atoms in total. The number of rotatable bonds is 11. The number of hydrogen-bond donors (Lipinski definition) is 1. The lowest BCUT2D eigenvalue weighted by molar-refractivity contribution is -0.132. The van der Waals surface area contributed by atoms with Gasteiger partial charge in [-0.1, -0.05) is 106 Å². The van der Waals surface area contributed by atoms with Gasteiger partial charge >= 0.3 is 11.9 Å². The molecule has 0 spiro atoms. The minimum Gasteiger partial charge on any atom is -0.477 e. The fraction of sp³-hybridized carbons (Fsp3) is 0.242. The Morgan fingerprint density at radius 1 is 0.921 bits per heavy atom. The normalized spacial score (nSPS) is 10.8. The number of unbranched alkanes of at least 4 members (excludes halogenated alkanes) is 3. The molecule has 3 aromatic carbocycles. The smallest absolute Gasteiger partial charge is 0.347 e. The number of carboxylic acids is 1. The second kappa shape index (κ2) is 16.3. The first-order valence-electron chi connectivity index (χ1n) is 12.9. The van der Waals surface area contributed by atoms with Gasteiger partial charge in [0.2, 0.25) is 0 Å². The Hall–Kier alpha value is -4.43. The molecule has 0 atom stereocenters. The third kappa shape index (κ3) is 8.90. The number of nitrogens with zero attached hydrogens (tertiary/aromatic N) is 1. The Labute approximate surface area is 225 Å². The van der Waals surface area contributed by atoms with Gasteiger partial charge in [0.1, 0.15) is 17.4 Å². The standard InChI is InChI=1S/C24H27NO2.C9H8O2/c1-3-5-6-8-12-18-15-11-16-21(20(18)4-2)23(22(17-25)24(26)27)19-13-9-7-10-14-19;1-2-9(10)11-8-6-4-3-5-7-8/h7,9-11,13-16H,3-6,8,12H2,1-2H3,(H,26,27);2-7H,1H2. The zero-order chi connectivity index (χ0) is 27.8. The number of carboxylic acid groups (broad SMARTS) is 1. The van der Waals surface area contributed by atoms with Crippen molar-refractivity contribution in [3.8, 4) is 11.8 Å². The minimum atomic E-state index is -1.19. The van der Waals surface area contributed by atoms with Gasteiger partial charge in [0.25, 0.3) is 0 Å². The van der Waals surface area contributed by atoms with E-state index in [1.807, 2.05) is 54.6 Å². The van der Waals surface area contributed by atoms with Gasteiger partial charge in [0, 0.05) is 11.6 Å². The molecule has 0 fully saturated rings. The third-order valence-electron chi connectivity index (χ3n) is 5.96. The first kappa shape index (κ1) is 29.8. The summed E-state index contributed by atoms with van der Waals surface area (Å²) in [5, 5.41) is 19.2. The van der Waals surface area contributed by atoms with Gasteiger partial charge in [-0.2, -0.15) is 5.26 Å². The number of ether oxygens (including phenoxy) is 1. The van der Waals surface area contributed by atoms with E-state index in [-0.39, 0.29) is 5.57 Å². The molecule has 0 heterocycles. The highest BCUT2D eigenvalue weighted by molar-refractivity contribution is 6.04. The van der Waals surface area contributed by atoms with Gasteiger partial charge in [-0.3, -0.25) is 0 Å². The average Bonchev–Trinajstić information content (AvgIpc) is 2.95. The number of esters is 1. The zero-order valence-electron chi connectivity index (χ0n) is 22.2. The van der Waals surface area contributed by atoms with Crippen molar-refractivity contribution < 1.29 is 19.4 Å². The van der Waals surface area contributed by atoms with E-state index in [0.717, 1.165) is 42.0 Å². The maximum absolute atomic E-state index is 11.8. The van der Waals surface area contributed by atoms with E-state index in [2.05, 4.69) is 26.5 Å². The molecule has 0 unspecified atom stereocenters. The van der Waals surface area contributed by atoms with Crippen molar-refractivity contribution in [1.29, 1.82) is 5.26 Å². The molecule has 5 heteroatoms. The molecule has 0 aromatic heterocycles. The monoisotopic (exact) mass is 509 g/mol. The third-order valence-corrected chi connectivity index (χ3v) is 5.96. The number of aryl methyl sites for hydroxylation is 1. The topological polar surface area (TPSA) is 87.4 Å². The van der Waals surface area contributed by atoms with Crippen molar-refractivity contribution in [2.75, 3.05) is 0 Å². The number of aliphatic carboxylic acids is 1. The van der Waals surface area contributed by atoms with Crippen LogP contribution in [0.5, 0.6) is 5.75 Å². The molecule has 0 amide bonds. The largest absolute Gasteiger partial charge is 0.477 e. The Balaban J connectivity index is 0.000000384. The molecule has 0 saturated heterocycles. The summed E-state index contributed by atoms with van der Waals surface area (Å²) in [5.41, 5.74) is 4.31. The fourth-order valence-electron chi connectivity index (χ4n) is 4.16. The van der Waals surface area contributed by atoms with Crippen LogP contribution in [0.3, 0.4) is 0 Å². The quantitative estimate of drug-likeness (QED) is 0.0947. The molecule has 3 aromatic rings. The number of para-hydroxylation sites is 1. The van der Waals surface area contributed by atoms with Crippen LogP contribution in [0.15, 0.2) is 97.1 Å². The van der Waals surface area contributed by atoms with Gasteiger partial charge in [-0.05, 0) is 53.6 Å². The van der Waals surface area contributed by atoms with Gasteiger partial charge in [-0.15, -0.1) is 0 Å². The Morgan fingerprint density at radius 2 is 1.58 bits per heavy atom. The van der Waals surface area contributed by atoms with E-state index < -0.39 is 11.9 Å². The van der Waals surface area contributed by atoms with Crippen LogP contribution in [0.4, 0.5) is 0 Å². The summed E-state index contributed by atoms with van der Waals surface area (Å²) in [4.78, 5) is 22.4. The van der Waals surface area contributed by atoms with E-state index in [1.165, 1.54) is 24.8 Å². The number of nitriles is 1. The SMILES string of the molecule is C=CC(=O)Oc1ccccc1.CCCCCCc1cccc(C(=C(C#N)C(=O)O)c2ccccc2)c1CC. The summed E-state index contributed by atoms with van der Waals surface area (Å²) in [5.74, 6) is -1.08. The lowest BCUT2D eigenvalue weighted by Gasteiger charge is -2.17. The zero-order valence-corrected chi connectivity index (χ0v) is 22.2. The minimum absolute atomic E-state index is 0.209. The van der Waals surface area contributed by atoms with Crippen LogP contribution in [0, 0.1) is 11.3 Å². The van der Waals surface area contributed by atoms with Crippen LogP contribution < -0.4 is 4.74 Å². The van der Waals surface area contributed by atoms with Crippen molar-refractivity contribution >= 4 is 17.5 Å². The highest BCUT2D eigenvalue weighted by Crippen LogP contribution is 2.32. The molecule has 0 aliphatic heterocycles. The number of carbonyl (C=O) groups excluding carboxylic acids is 1. The first-order chi connectivity index (χ1) is 18.5. The molecule has 196 valence electrons. The lowest BCUT2D eigenvalue weighted by atomic mass is 9.86. The summed E-state index contributed by atoms with van der Waals surface area (Å²) in [6.07, 6.45) is 7.66. The van der Waals surface area contributed by atoms with Crippen molar-refractivity contribution in [2.24, 2.45) is 0 Å². The summed E-state index contributed by atoms with van der Waals surface area (Å²) in [7, 11) is 0. The molecule has 0 bridgehead atoms. The van der Waals surface area contributed by atoms with Crippen molar-refractivity contribution in [1.82, 2.24) is 0 Å². The van der Waals surface area contributed by atoms with E-state index in [1.54, 1.807) is 24.3 Å². The van der Waals surface area contributed by atoms with Crippen LogP contribution in [0.1, 0.15) is 61.8 Å². The van der Waals surface area contributed by atoms with Crippen LogP contribution in [-0.4, -0.2) is 17.0 Å². The molecule has 0 saturated carbocycles. The van der Waals surface area contributed by atoms with Crippen molar-refractivity contribution in [2.45, 2.75) is 52.4 Å². The molecule has 3 rings (SSSR count). The maximum atomic E-state index is 11.8. The number of carbonyl (C=O) groups is 2. The summed E-state index contributed by atoms with van der Waals surface area (Å²) in [6.45, 7) is 7.57. The summed E-state index contributed by atoms with van der Waals surface area (Å²) >= 11 is 0. The predicted octanol–water partition coefficient (Wildman–Crippen LogP) is 7.56. The number of benzene rings is 3. The molecule has 0 aliphatic rings. The molecule has 0 radical (unpaired) electrons. The van der Waals surface area contributed by atoms with Crippen LogP contribution >= 0.6 is 0 Å². The van der Waals surface area contributed by atoms with Gasteiger partial charge in [0.15, 0.2) is 0 Å². The fourth-order valence-corrected chi connectivity index (χ4v) is 4.16. The van der Waals surface area contributed by atoms with Crippen molar-refractivity contribution in [3.63, 3.8) is 0 Å². The van der Waals surface area contributed by atoms with Crippen molar-refractivity contribution in [3.05, 3.63) is 119 Å². The Kier molecular flexibility index (Phi) is 12.8. The Bertz CT molecular complexity index is 1270. The summed E-state index contributed by atoms with van der Waals surface area (Å²) in [6, 6.07) is 26.2. The second-order valence-electron chi connectivity index (χ2n) is 8.58. The highest BCUT2D eigenvalue weighted by Gasteiger charge is 2.20. The van der Waals surface area contributed by atoms with Gasteiger partial charge in [-0.25, -0.2) is 9.59 Å². The van der Waals surface area contributed by atoms with Crippen LogP contribution in [-0.2, 0) is 22.4 Å². The van der Waals surface area contributed by atoms with E-state index in [9.17, 15) is 20.0 Å². The van der Waals surface area contributed by atoms with E-state index in [0.29, 0.717) is 11.3 Å². The van der Waals surface area contributed by atoms with E-state index in [4.69, 9.17) is 4.74 Å². The average molecular weight is 510 g/mol. The van der Waals surface area contributed by atoms with Crippen LogP contribution in [0.25, 0.3) is 5.57 Å². The Morgan fingerprint density at radius 3 is 2.13 bits per heavy atom. The molecule has 0 aliphatic carbocycles. The molecule has 38 heavy (non-hydrogen) atoms. The van der Waals surface area contributed by atoms with E-state index >= 15 is 0 Å². The lowest BCUT2D eigenvalue weighted by Crippen LogP contribution is -2.07. The number of hydrogen-bond acceptors (Lipinski definition) is 4. The second-order valence-corrected chi connectivity index (χ2v) is 8.58. The molecular formula is C33H35NO4. The molecular weight excluding hydrogens is 474 g/mol. The van der Waals surface area contributed by atoms with Crippen LogP contribution in [0.2, 0.25) is 0 Å². The first-order valence-corrected chi connectivity index (χ1v) is 12.9. The van der Waals surface area contributed by atoms with Gasteiger partial charge < -0.3 is 9.84 Å². The highest BCUT2D eigenvalue weighted by atomic mass is 16.5. The maximum Gasteiger partial charge on any atom is 0.347 e. The molecule has 1 N–H and O–H groups in total. The summed E-state index contributed by atoms with van der Waals surface area (Å²) < 4.78 is 4.81.